The van der Waals surface area contributed by atoms with Crippen molar-refractivity contribution >= 4 is 0 Å². The smallest absolute Gasteiger partial charge is 0.110 e. The van der Waals surface area contributed by atoms with E-state index in [1.165, 1.54) is 19.3 Å². The molecule has 1 heterocycles. The van der Waals surface area contributed by atoms with Gasteiger partial charge >= 0.3 is 0 Å². The van der Waals surface area contributed by atoms with Crippen molar-refractivity contribution in [1.29, 1.82) is 0 Å². The van der Waals surface area contributed by atoms with Gasteiger partial charge in [0.15, 0.2) is 0 Å². The van der Waals surface area contributed by atoms with E-state index in [0.29, 0.717) is 0 Å². The van der Waals surface area contributed by atoms with Crippen molar-refractivity contribution in [3.63, 3.8) is 0 Å². The largest absolute Gasteiger partial charge is 0.379 e. The number of unbranched alkanes of at least 4 members (excludes halogenated alkanes) is 2. The number of hydrogen-bond acceptors (Lipinski definition) is 3. The van der Waals surface area contributed by atoms with Crippen molar-refractivity contribution in [2.24, 2.45) is 0 Å². The summed E-state index contributed by atoms with van der Waals surface area (Å²) < 4.78 is 10.9. The number of allylic oxidation sites excluding steroid dienone is 2. The normalized spacial score (nSPS) is 19.9. The van der Waals surface area contributed by atoms with Crippen LogP contribution in [0.3, 0.4) is 0 Å². The van der Waals surface area contributed by atoms with Crippen LogP contribution in [-0.2, 0) is 9.47 Å². The first-order valence-electron chi connectivity index (χ1n) is 6.88. The van der Waals surface area contributed by atoms with Gasteiger partial charge in [0, 0.05) is 20.2 Å². The summed E-state index contributed by atoms with van der Waals surface area (Å²) in [5.41, 5.74) is 0. The average molecular weight is 241 g/mol. The van der Waals surface area contributed by atoms with Gasteiger partial charge in [-0.3, -0.25) is 4.90 Å². The maximum atomic E-state index is 5.57. The molecule has 1 atom stereocenters. The molecule has 1 fully saturated rings. The highest BCUT2D eigenvalue weighted by molar-refractivity contribution is 4.79. The Morgan fingerprint density at radius 3 is 2.65 bits per heavy atom. The SMILES string of the molecule is CC/C=C\CCCCC(OC)N1CCOCC1. The lowest BCUT2D eigenvalue weighted by Crippen LogP contribution is -2.44. The molecular weight excluding hydrogens is 214 g/mol. The molecule has 1 saturated heterocycles. The molecule has 1 aliphatic rings. The lowest BCUT2D eigenvalue weighted by atomic mass is 10.1. The van der Waals surface area contributed by atoms with Gasteiger partial charge in [-0.25, -0.2) is 0 Å². The first-order valence-corrected chi connectivity index (χ1v) is 6.88. The van der Waals surface area contributed by atoms with Crippen LogP contribution in [0.15, 0.2) is 12.2 Å². The van der Waals surface area contributed by atoms with Crippen molar-refractivity contribution in [2.45, 2.75) is 45.3 Å². The summed E-state index contributed by atoms with van der Waals surface area (Å²) in [5, 5.41) is 0. The fraction of sp³-hybridized carbons (Fsp3) is 0.857. The zero-order valence-electron chi connectivity index (χ0n) is 11.4. The van der Waals surface area contributed by atoms with E-state index in [2.05, 4.69) is 24.0 Å². The van der Waals surface area contributed by atoms with Crippen molar-refractivity contribution in [1.82, 2.24) is 4.90 Å². The second kappa shape index (κ2) is 9.63. The zero-order chi connectivity index (χ0) is 12.3. The van der Waals surface area contributed by atoms with Gasteiger partial charge in [0.05, 0.1) is 13.2 Å². The average Bonchev–Trinajstić information content (AvgIpc) is 2.39. The van der Waals surface area contributed by atoms with Crippen LogP contribution in [0.25, 0.3) is 0 Å². The van der Waals surface area contributed by atoms with E-state index in [4.69, 9.17) is 9.47 Å². The summed E-state index contributed by atoms with van der Waals surface area (Å²) in [5.74, 6) is 0. The van der Waals surface area contributed by atoms with Gasteiger partial charge in [-0.2, -0.15) is 0 Å². The van der Waals surface area contributed by atoms with Crippen LogP contribution in [0.4, 0.5) is 0 Å². The minimum atomic E-state index is 0.286. The van der Waals surface area contributed by atoms with Crippen LogP contribution in [0.2, 0.25) is 0 Å². The van der Waals surface area contributed by atoms with Gasteiger partial charge in [-0.1, -0.05) is 19.1 Å². The highest BCUT2D eigenvalue weighted by Crippen LogP contribution is 2.12. The zero-order valence-corrected chi connectivity index (χ0v) is 11.4. The Morgan fingerprint density at radius 2 is 2.00 bits per heavy atom. The fourth-order valence-electron chi connectivity index (χ4n) is 2.18. The Labute approximate surface area is 106 Å². The molecule has 0 spiro atoms. The van der Waals surface area contributed by atoms with Gasteiger partial charge in [-0.05, 0) is 32.1 Å². The number of methoxy groups -OCH3 is 1. The van der Waals surface area contributed by atoms with Crippen molar-refractivity contribution in [2.75, 3.05) is 33.4 Å². The standard InChI is InChI=1S/C14H27NO2/c1-3-4-5-6-7-8-9-14(16-2)15-10-12-17-13-11-15/h4-5,14H,3,6-13H2,1-2H3/b5-4-. The Hall–Kier alpha value is -0.380. The molecule has 0 amide bonds. The maximum Gasteiger partial charge on any atom is 0.110 e. The van der Waals surface area contributed by atoms with Gasteiger partial charge in [0.2, 0.25) is 0 Å². The number of hydrogen-bond donors (Lipinski definition) is 0. The minimum absolute atomic E-state index is 0.286. The molecule has 17 heavy (non-hydrogen) atoms. The molecule has 0 aromatic carbocycles. The minimum Gasteiger partial charge on any atom is -0.379 e. The quantitative estimate of drug-likeness (QED) is 0.482. The van der Waals surface area contributed by atoms with Gasteiger partial charge in [-0.15, -0.1) is 0 Å². The Kier molecular flexibility index (Phi) is 8.32. The van der Waals surface area contributed by atoms with E-state index in [1.54, 1.807) is 0 Å². The van der Waals surface area contributed by atoms with Crippen molar-refractivity contribution in [3.8, 4) is 0 Å². The van der Waals surface area contributed by atoms with E-state index in [1.807, 2.05) is 7.11 Å². The summed E-state index contributed by atoms with van der Waals surface area (Å²) >= 11 is 0. The molecule has 0 aliphatic carbocycles. The number of rotatable bonds is 8. The van der Waals surface area contributed by atoms with Crippen molar-refractivity contribution in [3.05, 3.63) is 12.2 Å². The second-order valence-corrected chi connectivity index (χ2v) is 4.50. The summed E-state index contributed by atoms with van der Waals surface area (Å²) in [6.45, 7) is 5.89. The molecule has 1 aliphatic heterocycles. The molecule has 3 heteroatoms. The van der Waals surface area contributed by atoms with Crippen LogP contribution in [0.5, 0.6) is 0 Å². The van der Waals surface area contributed by atoms with E-state index in [-0.39, 0.29) is 6.23 Å². The molecule has 0 radical (unpaired) electrons. The lowest BCUT2D eigenvalue weighted by Gasteiger charge is -2.33. The third-order valence-corrected chi connectivity index (χ3v) is 3.20. The predicted molar refractivity (Wildman–Crippen MR) is 71.1 cm³/mol. The topological polar surface area (TPSA) is 21.7 Å². The van der Waals surface area contributed by atoms with Gasteiger partial charge < -0.3 is 9.47 Å². The van der Waals surface area contributed by atoms with Crippen LogP contribution in [0, 0.1) is 0 Å². The molecule has 0 bridgehead atoms. The summed E-state index contributed by atoms with van der Waals surface area (Å²) in [4.78, 5) is 2.39. The van der Waals surface area contributed by atoms with Crippen LogP contribution in [0.1, 0.15) is 39.0 Å². The Balaban J connectivity index is 2.11. The molecule has 0 aromatic heterocycles. The maximum absolute atomic E-state index is 5.57. The summed E-state index contributed by atoms with van der Waals surface area (Å²) in [6, 6.07) is 0. The molecule has 100 valence electrons. The molecule has 0 N–H and O–H groups in total. The number of nitrogens with zero attached hydrogens (tertiary/aromatic N) is 1. The summed E-state index contributed by atoms with van der Waals surface area (Å²) in [6.07, 6.45) is 10.8. The van der Waals surface area contributed by atoms with E-state index in [0.717, 1.165) is 39.1 Å². The highest BCUT2D eigenvalue weighted by atomic mass is 16.5. The Bertz CT molecular complexity index is 200. The first kappa shape index (κ1) is 14.7. The predicted octanol–water partition coefficient (Wildman–Crippen LogP) is 2.82. The first-order chi connectivity index (χ1) is 8.38. The van der Waals surface area contributed by atoms with Crippen LogP contribution >= 0.6 is 0 Å². The molecule has 0 saturated carbocycles. The molecule has 3 nitrogen and oxygen atoms in total. The van der Waals surface area contributed by atoms with E-state index >= 15 is 0 Å². The number of morpholine rings is 1. The van der Waals surface area contributed by atoms with Crippen LogP contribution < -0.4 is 0 Å². The monoisotopic (exact) mass is 241 g/mol. The Morgan fingerprint density at radius 1 is 1.24 bits per heavy atom. The molecule has 0 aromatic rings. The van der Waals surface area contributed by atoms with Gasteiger partial charge in [0.1, 0.15) is 6.23 Å². The number of ether oxygens (including phenoxy) is 2. The summed E-state index contributed by atoms with van der Waals surface area (Å²) in [7, 11) is 1.82. The van der Waals surface area contributed by atoms with E-state index in [9.17, 15) is 0 Å². The lowest BCUT2D eigenvalue weighted by molar-refractivity contribution is -0.0825. The third-order valence-electron chi connectivity index (χ3n) is 3.20. The highest BCUT2D eigenvalue weighted by Gasteiger charge is 2.19. The van der Waals surface area contributed by atoms with Crippen LogP contribution in [-0.4, -0.2) is 44.5 Å². The fourth-order valence-corrected chi connectivity index (χ4v) is 2.18. The molecule has 1 rings (SSSR count). The van der Waals surface area contributed by atoms with Crippen molar-refractivity contribution < 1.29 is 9.47 Å². The van der Waals surface area contributed by atoms with Gasteiger partial charge in [0.25, 0.3) is 0 Å². The van der Waals surface area contributed by atoms with E-state index < -0.39 is 0 Å². The molecule has 1 unspecified atom stereocenters. The third kappa shape index (κ3) is 6.20. The second-order valence-electron chi connectivity index (χ2n) is 4.50. The molecular formula is C14H27NO2.